The molecule has 1 heterocycles. The summed E-state index contributed by atoms with van der Waals surface area (Å²) in [7, 11) is 0. The van der Waals surface area contributed by atoms with Crippen LogP contribution in [-0.4, -0.2) is 18.0 Å². The van der Waals surface area contributed by atoms with Gasteiger partial charge < -0.3 is 5.73 Å². The molecule has 0 amide bonds. The van der Waals surface area contributed by atoms with Crippen molar-refractivity contribution in [3.63, 3.8) is 0 Å². The van der Waals surface area contributed by atoms with Gasteiger partial charge in [-0.15, -0.1) is 0 Å². The zero-order valence-corrected chi connectivity index (χ0v) is 16.9. The van der Waals surface area contributed by atoms with Gasteiger partial charge in [0.15, 0.2) is 0 Å². The van der Waals surface area contributed by atoms with Crippen LogP contribution in [0, 0.1) is 18.3 Å². The van der Waals surface area contributed by atoms with Gasteiger partial charge in [-0.3, -0.25) is 4.90 Å². The van der Waals surface area contributed by atoms with Crippen molar-refractivity contribution in [2.75, 3.05) is 18.8 Å². The number of rotatable bonds is 4. The third-order valence-corrected chi connectivity index (χ3v) is 6.14. The van der Waals surface area contributed by atoms with Gasteiger partial charge in [0.2, 0.25) is 0 Å². The standard InChI is InChI=1S/C26H27N3/c1-19-7-10-24(17-25(19)28)26(23-5-3-2-4-6-23)29-15-13-22(14-16-29)21-11-8-20(18-27)9-12-21/h2-12,17,22,26H,13-16,28H2,1H3. The zero-order chi connectivity index (χ0) is 20.2. The summed E-state index contributed by atoms with van der Waals surface area (Å²) in [5.41, 5.74) is 12.9. The quantitative estimate of drug-likeness (QED) is 0.614. The highest BCUT2D eigenvalue weighted by molar-refractivity contribution is 5.50. The lowest BCUT2D eigenvalue weighted by Gasteiger charge is -2.38. The Labute approximate surface area is 173 Å². The van der Waals surface area contributed by atoms with Crippen molar-refractivity contribution in [3.05, 3.63) is 101 Å². The Hall–Kier alpha value is -3.09. The van der Waals surface area contributed by atoms with Crippen LogP contribution in [0.4, 0.5) is 5.69 Å². The molecule has 0 bridgehead atoms. The van der Waals surface area contributed by atoms with Crippen LogP contribution in [0.15, 0.2) is 72.8 Å². The molecule has 0 saturated carbocycles. The fraction of sp³-hybridized carbons (Fsp3) is 0.269. The molecule has 0 aliphatic carbocycles. The Bertz CT molecular complexity index is 994. The van der Waals surface area contributed by atoms with Crippen molar-refractivity contribution in [1.29, 1.82) is 5.26 Å². The second kappa shape index (κ2) is 8.51. The first kappa shape index (κ1) is 19.2. The molecule has 146 valence electrons. The number of piperidine rings is 1. The van der Waals surface area contributed by atoms with Crippen LogP contribution in [0.1, 0.15) is 52.6 Å². The van der Waals surface area contributed by atoms with Gasteiger partial charge in [-0.1, -0.05) is 54.6 Å². The second-order valence-electron chi connectivity index (χ2n) is 7.97. The summed E-state index contributed by atoms with van der Waals surface area (Å²) < 4.78 is 0. The summed E-state index contributed by atoms with van der Waals surface area (Å²) in [5, 5.41) is 9.02. The first-order valence-electron chi connectivity index (χ1n) is 10.3. The van der Waals surface area contributed by atoms with E-state index >= 15 is 0 Å². The van der Waals surface area contributed by atoms with Crippen LogP contribution in [0.2, 0.25) is 0 Å². The molecule has 3 heteroatoms. The number of hydrogen-bond donors (Lipinski definition) is 1. The second-order valence-corrected chi connectivity index (χ2v) is 7.97. The van der Waals surface area contributed by atoms with Crippen LogP contribution in [-0.2, 0) is 0 Å². The van der Waals surface area contributed by atoms with Crippen LogP contribution in [0.3, 0.4) is 0 Å². The average Bonchev–Trinajstić information content (AvgIpc) is 2.78. The van der Waals surface area contributed by atoms with E-state index in [1.54, 1.807) is 0 Å². The van der Waals surface area contributed by atoms with E-state index < -0.39 is 0 Å². The molecule has 1 aliphatic heterocycles. The summed E-state index contributed by atoms with van der Waals surface area (Å²) in [6.45, 7) is 4.13. The first-order valence-corrected chi connectivity index (χ1v) is 10.3. The normalized spacial score (nSPS) is 16.3. The Morgan fingerprint density at radius 2 is 1.62 bits per heavy atom. The molecule has 4 rings (SSSR count). The highest BCUT2D eigenvalue weighted by Gasteiger charge is 2.28. The summed E-state index contributed by atoms with van der Waals surface area (Å²) in [5.74, 6) is 0.554. The van der Waals surface area contributed by atoms with E-state index in [1.165, 1.54) is 16.7 Å². The molecular formula is C26H27N3. The Balaban J connectivity index is 1.56. The smallest absolute Gasteiger partial charge is 0.0991 e. The maximum Gasteiger partial charge on any atom is 0.0991 e. The Morgan fingerprint density at radius 1 is 0.931 bits per heavy atom. The minimum atomic E-state index is 0.223. The summed E-state index contributed by atoms with van der Waals surface area (Å²) in [6, 6.07) is 27.8. The largest absolute Gasteiger partial charge is 0.399 e. The number of hydrogen-bond acceptors (Lipinski definition) is 3. The molecule has 0 radical (unpaired) electrons. The average molecular weight is 382 g/mol. The molecule has 3 aromatic carbocycles. The van der Waals surface area contributed by atoms with Crippen LogP contribution < -0.4 is 5.73 Å². The molecular weight excluding hydrogens is 354 g/mol. The number of benzene rings is 3. The molecule has 1 unspecified atom stereocenters. The van der Waals surface area contributed by atoms with Crippen LogP contribution >= 0.6 is 0 Å². The highest BCUT2D eigenvalue weighted by Crippen LogP contribution is 2.36. The molecule has 3 aromatic rings. The van der Waals surface area contributed by atoms with Crippen LogP contribution in [0.5, 0.6) is 0 Å². The summed E-state index contributed by atoms with van der Waals surface area (Å²) in [6.07, 6.45) is 2.24. The van der Waals surface area contributed by atoms with Gasteiger partial charge >= 0.3 is 0 Å². The summed E-state index contributed by atoms with van der Waals surface area (Å²) in [4.78, 5) is 2.58. The SMILES string of the molecule is Cc1ccc(C(c2ccccc2)N2CCC(c3ccc(C#N)cc3)CC2)cc1N. The van der Waals surface area contributed by atoms with Gasteiger partial charge in [0, 0.05) is 5.69 Å². The van der Waals surface area contributed by atoms with E-state index in [1.807, 2.05) is 12.1 Å². The predicted molar refractivity (Wildman–Crippen MR) is 119 cm³/mol. The van der Waals surface area contributed by atoms with Crippen molar-refractivity contribution in [3.8, 4) is 6.07 Å². The number of nitrogens with two attached hydrogens (primary N) is 1. The number of nitriles is 1. The van der Waals surface area contributed by atoms with Gasteiger partial charge in [0.25, 0.3) is 0 Å². The lowest BCUT2D eigenvalue weighted by atomic mass is 9.86. The van der Waals surface area contributed by atoms with Crippen molar-refractivity contribution in [2.45, 2.75) is 31.7 Å². The molecule has 0 spiro atoms. The van der Waals surface area contributed by atoms with Gasteiger partial charge in [-0.05, 0) is 79.2 Å². The molecule has 0 aromatic heterocycles. The molecule has 29 heavy (non-hydrogen) atoms. The Morgan fingerprint density at radius 3 is 2.24 bits per heavy atom. The third-order valence-electron chi connectivity index (χ3n) is 6.14. The maximum absolute atomic E-state index is 9.02. The van der Waals surface area contributed by atoms with Crippen molar-refractivity contribution >= 4 is 5.69 Å². The number of nitrogens with zero attached hydrogens (tertiary/aromatic N) is 2. The fourth-order valence-corrected chi connectivity index (χ4v) is 4.40. The molecule has 1 aliphatic rings. The van der Waals surface area contributed by atoms with E-state index in [-0.39, 0.29) is 6.04 Å². The van der Waals surface area contributed by atoms with E-state index in [2.05, 4.69) is 78.6 Å². The highest BCUT2D eigenvalue weighted by atomic mass is 15.2. The minimum Gasteiger partial charge on any atom is -0.399 e. The number of anilines is 1. The monoisotopic (exact) mass is 381 g/mol. The van der Waals surface area contributed by atoms with E-state index in [0.29, 0.717) is 5.92 Å². The molecule has 3 nitrogen and oxygen atoms in total. The van der Waals surface area contributed by atoms with Crippen molar-refractivity contribution in [2.24, 2.45) is 0 Å². The van der Waals surface area contributed by atoms with Crippen LogP contribution in [0.25, 0.3) is 0 Å². The molecule has 1 atom stereocenters. The molecule has 1 saturated heterocycles. The topological polar surface area (TPSA) is 53.0 Å². The van der Waals surface area contributed by atoms with E-state index in [0.717, 1.165) is 42.7 Å². The van der Waals surface area contributed by atoms with E-state index in [4.69, 9.17) is 11.0 Å². The van der Waals surface area contributed by atoms with E-state index in [9.17, 15) is 0 Å². The summed E-state index contributed by atoms with van der Waals surface area (Å²) >= 11 is 0. The maximum atomic E-state index is 9.02. The third kappa shape index (κ3) is 4.18. The molecule has 1 fully saturated rings. The number of nitrogen functional groups attached to an aromatic ring is 1. The molecule has 2 N–H and O–H groups in total. The lowest BCUT2D eigenvalue weighted by Crippen LogP contribution is -2.36. The van der Waals surface area contributed by atoms with Crippen molar-refractivity contribution in [1.82, 2.24) is 4.90 Å². The first-order chi connectivity index (χ1) is 14.2. The van der Waals surface area contributed by atoms with Gasteiger partial charge in [-0.25, -0.2) is 0 Å². The van der Waals surface area contributed by atoms with Gasteiger partial charge in [0.1, 0.15) is 0 Å². The lowest BCUT2D eigenvalue weighted by molar-refractivity contribution is 0.174. The fourth-order valence-electron chi connectivity index (χ4n) is 4.40. The Kier molecular flexibility index (Phi) is 5.64. The van der Waals surface area contributed by atoms with Gasteiger partial charge in [-0.2, -0.15) is 5.26 Å². The number of likely N-dealkylation sites (tertiary alicyclic amines) is 1. The van der Waals surface area contributed by atoms with Crippen molar-refractivity contribution < 1.29 is 0 Å². The number of aryl methyl sites for hydroxylation is 1. The zero-order valence-electron chi connectivity index (χ0n) is 16.9. The minimum absolute atomic E-state index is 0.223. The van der Waals surface area contributed by atoms with Gasteiger partial charge in [0.05, 0.1) is 17.7 Å². The predicted octanol–water partition coefficient (Wildman–Crippen LogP) is 5.42.